The molecule has 0 radical (unpaired) electrons. The predicted molar refractivity (Wildman–Crippen MR) is 113 cm³/mol. The summed E-state index contributed by atoms with van der Waals surface area (Å²) in [6.45, 7) is 13.0. The minimum atomic E-state index is -0.963. The van der Waals surface area contributed by atoms with E-state index in [1.54, 1.807) is 0 Å². The van der Waals surface area contributed by atoms with Crippen LogP contribution < -0.4 is 5.43 Å². The van der Waals surface area contributed by atoms with Gasteiger partial charge >= 0.3 is 0 Å². The highest BCUT2D eigenvalue weighted by Crippen LogP contribution is 2.48. The number of amides is 1. The maximum absolute atomic E-state index is 13.6. The molecule has 2 fully saturated rings. The van der Waals surface area contributed by atoms with Gasteiger partial charge in [0.25, 0.3) is 0 Å². The van der Waals surface area contributed by atoms with Crippen molar-refractivity contribution in [2.24, 2.45) is 11.3 Å². The molecule has 1 heterocycles. The predicted octanol–water partition coefficient (Wildman–Crippen LogP) is 3.20. The van der Waals surface area contributed by atoms with E-state index in [0.717, 1.165) is 38.8 Å². The molecular weight excluding hydrogens is 354 g/mol. The molecule has 0 aromatic rings. The van der Waals surface area contributed by atoms with Gasteiger partial charge in [0.15, 0.2) is 0 Å². The summed E-state index contributed by atoms with van der Waals surface area (Å²) in [6.07, 6.45) is 7.76. The van der Waals surface area contributed by atoms with Gasteiger partial charge in [-0.2, -0.15) is 0 Å². The Bertz CT molecular complexity index is 547. The Labute approximate surface area is 171 Å². The molecule has 0 bridgehead atoms. The lowest BCUT2D eigenvalue weighted by Crippen LogP contribution is -2.75. The lowest BCUT2D eigenvalue weighted by Gasteiger charge is -2.58. The van der Waals surface area contributed by atoms with Crippen LogP contribution in [0.3, 0.4) is 0 Å². The Kier molecular flexibility index (Phi) is 7.70. The van der Waals surface area contributed by atoms with Crippen LogP contribution in [-0.2, 0) is 14.3 Å². The Morgan fingerprint density at radius 1 is 1.14 bits per heavy atom. The maximum Gasteiger partial charge on any atom is 0.227 e. The molecule has 2 atom stereocenters. The number of rotatable bonds is 7. The maximum atomic E-state index is 13.6. The van der Waals surface area contributed by atoms with Crippen LogP contribution in [0.4, 0.5) is 0 Å². The van der Waals surface area contributed by atoms with E-state index in [9.17, 15) is 4.79 Å². The van der Waals surface area contributed by atoms with Gasteiger partial charge < -0.3 is 14.4 Å². The van der Waals surface area contributed by atoms with Gasteiger partial charge in [0.1, 0.15) is 5.54 Å². The number of carbonyl (C=O) groups is 1. The highest BCUT2D eigenvalue weighted by molar-refractivity contribution is 5.81. The third kappa shape index (κ3) is 4.45. The van der Waals surface area contributed by atoms with Gasteiger partial charge in [-0.05, 0) is 39.7 Å². The molecule has 6 heteroatoms. The van der Waals surface area contributed by atoms with Crippen molar-refractivity contribution in [2.45, 2.75) is 71.6 Å². The van der Waals surface area contributed by atoms with Crippen LogP contribution in [0, 0.1) is 11.3 Å². The van der Waals surface area contributed by atoms with Crippen LogP contribution in [0.5, 0.6) is 0 Å². The molecule has 2 aliphatic rings. The number of hydrazine groups is 1. The van der Waals surface area contributed by atoms with Crippen molar-refractivity contribution in [1.82, 2.24) is 15.3 Å². The van der Waals surface area contributed by atoms with E-state index in [2.05, 4.69) is 19.3 Å². The minimum absolute atomic E-state index is 0.0442. The molecule has 1 saturated carbocycles. The first kappa shape index (κ1) is 23.3. The fourth-order valence-electron chi connectivity index (χ4n) is 4.70. The van der Waals surface area contributed by atoms with E-state index in [1.807, 2.05) is 56.9 Å². The summed E-state index contributed by atoms with van der Waals surface area (Å²) in [6, 6.07) is 0. The quantitative estimate of drug-likeness (QED) is 0.530. The van der Waals surface area contributed by atoms with Gasteiger partial charge in [0.05, 0.1) is 19.1 Å². The second-order valence-corrected chi connectivity index (χ2v) is 9.20. The van der Waals surface area contributed by atoms with Gasteiger partial charge in [0.2, 0.25) is 11.7 Å². The van der Waals surface area contributed by atoms with Gasteiger partial charge in [-0.15, -0.1) is 0 Å². The highest BCUT2D eigenvalue weighted by Gasteiger charge is 2.62. The highest BCUT2D eigenvalue weighted by atomic mass is 16.7. The SMILES string of the molecule is C/C=C/C1(C2(NN(C)C)CCCCC2C(=O)N(CC)CC)OCC(C)(C)CO1. The molecular formula is C22H41N3O3. The largest absolute Gasteiger partial charge is 0.344 e. The van der Waals surface area contributed by atoms with Crippen LogP contribution in [0.15, 0.2) is 12.2 Å². The Morgan fingerprint density at radius 3 is 2.25 bits per heavy atom. The molecule has 2 unspecified atom stereocenters. The zero-order chi connectivity index (χ0) is 21.0. The fraction of sp³-hybridized carbons (Fsp3) is 0.864. The van der Waals surface area contributed by atoms with Gasteiger partial charge in [-0.1, -0.05) is 32.8 Å². The number of carbonyl (C=O) groups excluding carboxylic acids is 1. The first-order valence-corrected chi connectivity index (χ1v) is 10.8. The summed E-state index contributed by atoms with van der Waals surface area (Å²) >= 11 is 0. The molecule has 1 amide bonds. The van der Waals surface area contributed by atoms with E-state index in [4.69, 9.17) is 9.47 Å². The molecule has 0 spiro atoms. The third-order valence-electron chi connectivity index (χ3n) is 6.07. The monoisotopic (exact) mass is 395 g/mol. The average molecular weight is 396 g/mol. The van der Waals surface area contributed by atoms with Crippen molar-refractivity contribution in [3.63, 3.8) is 0 Å². The Balaban J connectivity index is 2.56. The zero-order valence-corrected chi connectivity index (χ0v) is 19.0. The zero-order valence-electron chi connectivity index (χ0n) is 19.0. The van der Waals surface area contributed by atoms with Crippen molar-refractivity contribution in [1.29, 1.82) is 0 Å². The first-order valence-electron chi connectivity index (χ1n) is 10.8. The molecule has 1 saturated heterocycles. The molecule has 1 aliphatic heterocycles. The van der Waals surface area contributed by atoms with E-state index >= 15 is 0 Å². The molecule has 28 heavy (non-hydrogen) atoms. The van der Waals surface area contributed by atoms with E-state index in [0.29, 0.717) is 13.2 Å². The van der Waals surface area contributed by atoms with Gasteiger partial charge in [-0.3, -0.25) is 4.79 Å². The molecule has 0 aromatic carbocycles. The first-order chi connectivity index (χ1) is 13.2. The van der Waals surface area contributed by atoms with E-state index in [-0.39, 0.29) is 17.2 Å². The molecule has 2 rings (SSSR count). The smallest absolute Gasteiger partial charge is 0.227 e. The van der Waals surface area contributed by atoms with Crippen LogP contribution in [0.1, 0.15) is 60.3 Å². The minimum Gasteiger partial charge on any atom is -0.344 e. The van der Waals surface area contributed by atoms with Crippen LogP contribution in [0.25, 0.3) is 0 Å². The number of hydrogen-bond donors (Lipinski definition) is 1. The third-order valence-corrected chi connectivity index (χ3v) is 6.07. The lowest BCUT2D eigenvalue weighted by molar-refractivity contribution is -0.321. The fourth-order valence-corrected chi connectivity index (χ4v) is 4.70. The van der Waals surface area contributed by atoms with Gasteiger partial charge in [0, 0.05) is 32.6 Å². The van der Waals surface area contributed by atoms with Crippen molar-refractivity contribution in [3.05, 3.63) is 12.2 Å². The second-order valence-electron chi connectivity index (χ2n) is 9.20. The van der Waals surface area contributed by atoms with Crippen molar-refractivity contribution < 1.29 is 14.3 Å². The topological polar surface area (TPSA) is 54.0 Å². The normalized spacial score (nSPS) is 29.9. The number of ether oxygens (including phenoxy) is 2. The van der Waals surface area contributed by atoms with Crippen LogP contribution >= 0.6 is 0 Å². The summed E-state index contributed by atoms with van der Waals surface area (Å²) in [5.41, 5.74) is 2.95. The molecule has 0 aromatic heterocycles. The number of nitrogens with zero attached hydrogens (tertiary/aromatic N) is 2. The van der Waals surface area contributed by atoms with Crippen molar-refractivity contribution in [2.75, 3.05) is 40.4 Å². The average Bonchev–Trinajstić information content (AvgIpc) is 2.64. The number of allylic oxidation sites excluding steroid dienone is 1. The molecule has 1 N–H and O–H groups in total. The summed E-state index contributed by atoms with van der Waals surface area (Å²) in [4.78, 5) is 15.5. The molecule has 6 nitrogen and oxygen atoms in total. The Hall–Kier alpha value is -0.950. The van der Waals surface area contributed by atoms with E-state index in [1.165, 1.54) is 0 Å². The Morgan fingerprint density at radius 2 is 1.75 bits per heavy atom. The van der Waals surface area contributed by atoms with Crippen molar-refractivity contribution in [3.8, 4) is 0 Å². The second kappa shape index (κ2) is 9.24. The lowest BCUT2D eigenvalue weighted by atomic mass is 9.66. The number of nitrogens with one attached hydrogen (secondary N) is 1. The summed E-state index contributed by atoms with van der Waals surface area (Å²) in [5.74, 6) is -0.976. The molecule has 1 aliphatic carbocycles. The molecule has 162 valence electrons. The number of hydrogen-bond acceptors (Lipinski definition) is 5. The standard InChI is InChI=1S/C22H41N3O3/c1-8-14-22(27-16-20(4,5)17-28-22)21(23-24(6)7)15-12-11-13-18(21)19(26)25(9-2)10-3/h8,14,18,23H,9-13,15-17H2,1-7H3/b14-8+. The summed E-state index contributed by atoms with van der Waals surface area (Å²) in [5, 5.41) is 1.95. The van der Waals surface area contributed by atoms with Crippen LogP contribution in [0.2, 0.25) is 0 Å². The summed E-state index contributed by atoms with van der Waals surface area (Å²) < 4.78 is 13.0. The van der Waals surface area contributed by atoms with Crippen LogP contribution in [-0.4, -0.2) is 67.5 Å². The van der Waals surface area contributed by atoms with Crippen molar-refractivity contribution >= 4 is 5.91 Å². The van der Waals surface area contributed by atoms with E-state index < -0.39 is 11.3 Å². The van der Waals surface area contributed by atoms with Gasteiger partial charge in [-0.25, -0.2) is 10.4 Å². The summed E-state index contributed by atoms with van der Waals surface area (Å²) in [7, 11) is 3.96.